The number of halogens is 1. The summed E-state index contributed by atoms with van der Waals surface area (Å²) in [5.41, 5.74) is 4.19. The minimum Gasteiger partial charge on any atom is -0.271 e. The summed E-state index contributed by atoms with van der Waals surface area (Å²) >= 11 is 5.95. The van der Waals surface area contributed by atoms with E-state index in [2.05, 4.69) is 11.5 Å². The standard InChI is InChI=1S/C12H17ClN2/c13-11-6-1-3-9(7-11)8-12(15-14)10-4-2-5-10/h1,3,6-7,10,12,15H,2,4-5,8,14H2. The second-order valence-corrected chi connectivity index (χ2v) is 4.73. The normalized spacial score (nSPS) is 18.5. The average molecular weight is 225 g/mol. The maximum absolute atomic E-state index is 5.95. The van der Waals surface area contributed by atoms with Crippen molar-refractivity contribution in [2.75, 3.05) is 0 Å². The van der Waals surface area contributed by atoms with Crippen molar-refractivity contribution < 1.29 is 0 Å². The zero-order chi connectivity index (χ0) is 10.7. The third-order valence-electron chi connectivity index (χ3n) is 3.28. The molecule has 1 fully saturated rings. The van der Waals surface area contributed by atoms with E-state index in [1.54, 1.807) is 0 Å². The zero-order valence-electron chi connectivity index (χ0n) is 8.75. The van der Waals surface area contributed by atoms with Gasteiger partial charge in [-0.3, -0.25) is 11.3 Å². The molecule has 82 valence electrons. The number of hydrogen-bond acceptors (Lipinski definition) is 2. The Morgan fingerprint density at radius 1 is 1.47 bits per heavy atom. The van der Waals surface area contributed by atoms with Crippen LogP contribution in [0, 0.1) is 5.92 Å². The van der Waals surface area contributed by atoms with Crippen molar-refractivity contribution in [1.29, 1.82) is 0 Å². The number of nitrogens with one attached hydrogen (secondary N) is 1. The van der Waals surface area contributed by atoms with E-state index in [9.17, 15) is 0 Å². The van der Waals surface area contributed by atoms with Gasteiger partial charge in [-0.05, 0) is 42.9 Å². The fourth-order valence-electron chi connectivity index (χ4n) is 2.12. The van der Waals surface area contributed by atoms with Gasteiger partial charge in [0.1, 0.15) is 0 Å². The van der Waals surface area contributed by atoms with Crippen LogP contribution in [0.5, 0.6) is 0 Å². The molecule has 1 atom stereocenters. The maximum atomic E-state index is 5.95. The SMILES string of the molecule is NNC(Cc1cccc(Cl)c1)C1CCC1. The molecule has 2 nitrogen and oxygen atoms in total. The second kappa shape index (κ2) is 4.97. The van der Waals surface area contributed by atoms with E-state index in [1.807, 2.05) is 18.2 Å². The molecule has 2 rings (SSSR count). The molecule has 1 aromatic carbocycles. The fourth-order valence-corrected chi connectivity index (χ4v) is 2.33. The Bertz CT molecular complexity index is 323. The van der Waals surface area contributed by atoms with Crippen molar-refractivity contribution in [2.24, 2.45) is 11.8 Å². The monoisotopic (exact) mass is 224 g/mol. The first kappa shape index (κ1) is 10.9. The van der Waals surface area contributed by atoms with Crippen molar-refractivity contribution in [2.45, 2.75) is 31.7 Å². The number of hydrazine groups is 1. The van der Waals surface area contributed by atoms with Gasteiger partial charge < -0.3 is 0 Å². The number of rotatable bonds is 4. The highest BCUT2D eigenvalue weighted by Gasteiger charge is 2.26. The summed E-state index contributed by atoms with van der Waals surface area (Å²) < 4.78 is 0. The van der Waals surface area contributed by atoms with Crippen LogP contribution >= 0.6 is 11.6 Å². The Morgan fingerprint density at radius 3 is 2.80 bits per heavy atom. The van der Waals surface area contributed by atoms with E-state index in [4.69, 9.17) is 17.4 Å². The molecule has 1 unspecified atom stereocenters. The van der Waals surface area contributed by atoms with Gasteiger partial charge in [-0.15, -0.1) is 0 Å². The first-order valence-corrected chi connectivity index (χ1v) is 5.88. The van der Waals surface area contributed by atoms with E-state index in [1.165, 1.54) is 24.8 Å². The summed E-state index contributed by atoms with van der Waals surface area (Å²) in [5, 5.41) is 0.803. The molecule has 0 bridgehead atoms. The highest BCUT2D eigenvalue weighted by atomic mass is 35.5. The van der Waals surface area contributed by atoms with Crippen LogP contribution in [-0.4, -0.2) is 6.04 Å². The second-order valence-electron chi connectivity index (χ2n) is 4.30. The van der Waals surface area contributed by atoms with Crippen molar-refractivity contribution in [1.82, 2.24) is 5.43 Å². The van der Waals surface area contributed by atoms with Gasteiger partial charge >= 0.3 is 0 Å². The largest absolute Gasteiger partial charge is 0.271 e. The Morgan fingerprint density at radius 2 is 2.27 bits per heavy atom. The molecule has 1 saturated carbocycles. The third-order valence-corrected chi connectivity index (χ3v) is 3.51. The van der Waals surface area contributed by atoms with Gasteiger partial charge in [0.25, 0.3) is 0 Å². The van der Waals surface area contributed by atoms with Gasteiger partial charge in [0.15, 0.2) is 0 Å². The lowest BCUT2D eigenvalue weighted by Crippen LogP contribution is -2.44. The smallest absolute Gasteiger partial charge is 0.0408 e. The maximum Gasteiger partial charge on any atom is 0.0408 e. The van der Waals surface area contributed by atoms with Crippen LogP contribution in [0.2, 0.25) is 5.02 Å². The molecular formula is C12H17ClN2. The van der Waals surface area contributed by atoms with Gasteiger partial charge in [0.05, 0.1) is 0 Å². The van der Waals surface area contributed by atoms with Gasteiger partial charge in [-0.25, -0.2) is 0 Å². The highest BCUT2D eigenvalue weighted by molar-refractivity contribution is 6.30. The van der Waals surface area contributed by atoms with Crippen LogP contribution in [0.1, 0.15) is 24.8 Å². The molecule has 0 heterocycles. The Labute approximate surface area is 95.8 Å². The van der Waals surface area contributed by atoms with E-state index >= 15 is 0 Å². The zero-order valence-corrected chi connectivity index (χ0v) is 9.50. The minimum absolute atomic E-state index is 0.400. The number of nitrogens with two attached hydrogens (primary N) is 1. The van der Waals surface area contributed by atoms with E-state index in [0.717, 1.165) is 17.4 Å². The third kappa shape index (κ3) is 2.71. The lowest BCUT2D eigenvalue weighted by molar-refractivity contribution is 0.228. The lowest BCUT2D eigenvalue weighted by Gasteiger charge is -2.33. The van der Waals surface area contributed by atoms with E-state index in [-0.39, 0.29) is 0 Å². The molecular weight excluding hydrogens is 208 g/mol. The van der Waals surface area contributed by atoms with Crippen molar-refractivity contribution in [3.8, 4) is 0 Å². The topological polar surface area (TPSA) is 38.0 Å². The lowest BCUT2D eigenvalue weighted by atomic mass is 9.78. The molecule has 0 saturated heterocycles. The number of hydrogen-bond donors (Lipinski definition) is 2. The summed E-state index contributed by atoms with van der Waals surface area (Å²) in [5.74, 6) is 6.33. The summed E-state index contributed by atoms with van der Waals surface area (Å²) in [6, 6.07) is 8.42. The van der Waals surface area contributed by atoms with Crippen LogP contribution in [0.25, 0.3) is 0 Å². The Balaban J connectivity index is 1.99. The van der Waals surface area contributed by atoms with Crippen LogP contribution in [0.4, 0.5) is 0 Å². The minimum atomic E-state index is 0.400. The van der Waals surface area contributed by atoms with E-state index in [0.29, 0.717) is 6.04 Å². The van der Waals surface area contributed by atoms with Crippen LogP contribution < -0.4 is 11.3 Å². The highest BCUT2D eigenvalue weighted by Crippen LogP contribution is 2.30. The van der Waals surface area contributed by atoms with Gasteiger partial charge in [0.2, 0.25) is 0 Å². The predicted molar refractivity (Wildman–Crippen MR) is 63.6 cm³/mol. The summed E-state index contributed by atoms with van der Waals surface area (Å²) in [6.07, 6.45) is 4.92. The van der Waals surface area contributed by atoms with Gasteiger partial charge in [-0.1, -0.05) is 30.2 Å². The van der Waals surface area contributed by atoms with Crippen LogP contribution in [0.3, 0.4) is 0 Å². The van der Waals surface area contributed by atoms with Crippen LogP contribution in [-0.2, 0) is 6.42 Å². The first-order chi connectivity index (χ1) is 7.29. The molecule has 1 aromatic rings. The first-order valence-electron chi connectivity index (χ1n) is 5.50. The molecule has 3 heteroatoms. The summed E-state index contributed by atoms with van der Waals surface area (Å²) in [6.45, 7) is 0. The van der Waals surface area contributed by atoms with Gasteiger partial charge in [-0.2, -0.15) is 0 Å². The number of benzene rings is 1. The van der Waals surface area contributed by atoms with Crippen molar-refractivity contribution in [3.05, 3.63) is 34.9 Å². The molecule has 15 heavy (non-hydrogen) atoms. The fraction of sp³-hybridized carbons (Fsp3) is 0.500. The molecule has 1 aliphatic rings. The van der Waals surface area contributed by atoms with E-state index < -0.39 is 0 Å². The molecule has 3 N–H and O–H groups in total. The molecule has 0 radical (unpaired) electrons. The molecule has 0 spiro atoms. The van der Waals surface area contributed by atoms with Crippen LogP contribution in [0.15, 0.2) is 24.3 Å². The predicted octanol–water partition coefficient (Wildman–Crippen LogP) is 2.51. The summed E-state index contributed by atoms with van der Waals surface area (Å²) in [7, 11) is 0. The summed E-state index contributed by atoms with van der Waals surface area (Å²) in [4.78, 5) is 0. The van der Waals surface area contributed by atoms with Gasteiger partial charge in [0, 0.05) is 11.1 Å². The van der Waals surface area contributed by atoms with Crippen molar-refractivity contribution >= 4 is 11.6 Å². The molecule has 0 aliphatic heterocycles. The molecule has 0 aromatic heterocycles. The quantitative estimate of drug-likeness (QED) is 0.609. The average Bonchev–Trinajstić information content (AvgIpc) is 2.14. The van der Waals surface area contributed by atoms with Crippen molar-refractivity contribution in [3.63, 3.8) is 0 Å². The molecule has 0 amide bonds. The molecule has 1 aliphatic carbocycles. The Hall–Kier alpha value is -0.570. The Kier molecular flexibility index (Phi) is 3.62.